The van der Waals surface area contributed by atoms with Gasteiger partial charge in [0.15, 0.2) is 5.54 Å². The molecule has 0 saturated heterocycles. The van der Waals surface area contributed by atoms with Crippen molar-refractivity contribution in [2.24, 2.45) is 0 Å². The van der Waals surface area contributed by atoms with E-state index in [0.717, 1.165) is 7.11 Å². The van der Waals surface area contributed by atoms with Crippen LogP contribution in [0.1, 0.15) is 40.0 Å². The minimum atomic E-state index is -4.61. The van der Waals surface area contributed by atoms with Crippen LogP contribution in [0.15, 0.2) is 107 Å². The molecule has 2 N–H and O–H groups in total. The number of carbonyl (C=O) groups excluding carboxylic acids is 3. The lowest BCUT2D eigenvalue weighted by atomic mass is 9.91. The summed E-state index contributed by atoms with van der Waals surface area (Å²) in [4.78, 5) is 38.1. The molecule has 0 radical (unpaired) electrons. The maximum Gasteiger partial charge on any atom is 0.335 e. The third kappa shape index (κ3) is 7.61. The first kappa shape index (κ1) is 29.2. The molecule has 3 aromatic carbocycles. The van der Waals surface area contributed by atoms with Crippen LogP contribution in [0, 0.1) is 0 Å². The SMILES string of the molecule is COC(=O)[C@@](/C=C(\F)S(=O)(=O)c1ccccc1)(CCCCNC(=O)c1ccccc1)NC(=O)c1ccccc1. The van der Waals surface area contributed by atoms with Crippen molar-refractivity contribution >= 4 is 27.6 Å². The molecule has 0 unspecified atom stereocenters. The standard InChI is InChI=1S/C29H29FN2O6S/c1-38-28(35)29(32-27(34)23-15-7-3-8-16-23,21-25(30)39(36,37)24-17-9-4-10-18-24)19-11-12-20-31-26(33)22-13-5-2-6-14-22/h2-10,13-18,21H,11-12,19-20H2,1H3,(H,31,33)(H,32,34)/b25-21+/t29-/m0/s1. The Hall–Kier alpha value is -4.31. The van der Waals surface area contributed by atoms with Gasteiger partial charge in [0.05, 0.1) is 12.0 Å². The highest BCUT2D eigenvalue weighted by Crippen LogP contribution is 2.27. The average molecular weight is 553 g/mol. The summed E-state index contributed by atoms with van der Waals surface area (Å²) in [5.74, 6) is -2.05. The number of benzene rings is 3. The fourth-order valence-electron chi connectivity index (χ4n) is 3.84. The zero-order valence-corrected chi connectivity index (χ0v) is 22.1. The number of halogens is 1. The van der Waals surface area contributed by atoms with Gasteiger partial charge in [0.2, 0.25) is 15.0 Å². The summed E-state index contributed by atoms with van der Waals surface area (Å²) < 4.78 is 46.1. The number of methoxy groups -OCH3 is 1. The molecule has 10 heteroatoms. The van der Waals surface area contributed by atoms with Crippen molar-refractivity contribution in [1.82, 2.24) is 10.6 Å². The van der Waals surface area contributed by atoms with Crippen LogP contribution in [-0.4, -0.2) is 45.4 Å². The van der Waals surface area contributed by atoms with Crippen LogP contribution in [0.2, 0.25) is 0 Å². The number of amides is 2. The minimum Gasteiger partial charge on any atom is -0.467 e. The molecule has 0 aliphatic carbocycles. The molecule has 0 fully saturated rings. The Balaban J connectivity index is 1.87. The van der Waals surface area contributed by atoms with Crippen molar-refractivity contribution in [2.45, 2.75) is 29.7 Å². The fourth-order valence-corrected chi connectivity index (χ4v) is 4.93. The first-order valence-corrected chi connectivity index (χ1v) is 13.7. The lowest BCUT2D eigenvalue weighted by molar-refractivity contribution is -0.146. The quantitative estimate of drug-likeness (QED) is 0.257. The van der Waals surface area contributed by atoms with Crippen LogP contribution >= 0.6 is 0 Å². The highest BCUT2D eigenvalue weighted by molar-refractivity contribution is 7.95. The number of esters is 1. The Labute approximate surface area is 226 Å². The van der Waals surface area contributed by atoms with Gasteiger partial charge in [0, 0.05) is 23.7 Å². The maximum absolute atomic E-state index is 15.4. The van der Waals surface area contributed by atoms with Gasteiger partial charge in [-0.05, 0) is 55.7 Å². The monoisotopic (exact) mass is 552 g/mol. The number of unbranched alkanes of at least 4 members (excludes halogenated alkanes) is 1. The Kier molecular flexibility index (Phi) is 10.1. The Morgan fingerprint density at radius 3 is 1.87 bits per heavy atom. The molecule has 0 heterocycles. The van der Waals surface area contributed by atoms with Crippen molar-refractivity contribution in [3.05, 3.63) is 113 Å². The van der Waals surface area contributed by atoms with E-state index in [1.165, 1.54) is 36.4 Å². The summed E-state index contributed by atoms with van der Waals surface area (Å²) in [5, 5.41) is 3.64. The normalized spacial score (nSPS) is 13.1. The minimum absolute atomic E-state index is 0.181. The number of rotatable bonds is 12. The molecule has 2 amide bonds. The number of hydrogen-bond donors (Lipinski definition) is 2. The van der Waals surface area contributed by atoms with Gasteiger partial charge >= 0.3 is 5.97 Å². The van der Waals surface area contributed by atoms with E-state index in [0.29, 0.717) is 18.1 Å². The fraction of sp³-hybridized carbons (Fsp3) is 0.207. The summed E-state index contributed by atoms with van der Waals surface area (Å²) in [7, 11) is -3.55. The van der Waals surface area contributed by atoms with Crippen molar-refractivity contribution in [3.63, 3.8) is 0 Å². The summed E-state index contributed by atoms with van der Waals surface area (Å²) in [6.07, 6.45) is 0.940. The van der Waals surface area contributed by atoms with Crippen molar-refractivity contribution in [1.29, 1.82) is 0 Å². The summed E-state index contributed by atoms with van der Waals surface area (Å²) in [6, 6.07) is 23.4. The van der Waals surface area contributed by atoms with E-state index in [-0.39, 0.29) is 35.8 Å². The molecule has 0 aliphatic rings. The second kappa shape index (κ2) is 13.5. The zero-order valence-electron chi connectivity index (χ0n) is 21.3. The number of hydrogen-bond acceptors (Lipinski definition) is 6. The Morgan fingerprint density at radius 1 is 0.821 bits per heavy atom. The van der Waals surface area contributed by atoms with E-state index in [1.807, 2.05) is 0 Å². The molecule has 1 atom stereocenters. The van der Waals surface area contributed by atoms with E-state index in [9.17, 15) is 22.8 Å². The summed E-state index contributed by atoms with van der Waals surface area (Å²) in [6.45, 7) is 0.228. The second-order valence-electron chi connectivity index (χ2n) is 8.63. The van der Waals surface area contributed by atoms with Gasteiger partial charge in [-0.15, -0.1) is 0 Å². The smallest absolute Gasteiger partial charge is 0.335 e. The van der Waals surface area contributed by atoms with Crippen LogP contribution in [-0.2, 0) is 19.4 Å². The van der Waals surface area contributed by atoms with Crippen LogP contribution in [0.3, 0.4) is 0 Å². The topological polar surface area (TPSA) is 119 Å². The van der Waals surface area contributed by atoms with Gasteiger partial charge < -0.3 is 15.4 Å². The molecular weight excluding hydrogens is 523 g/mol. The van der Waals surface area contributed by atoms with Crippen molar-refractivity contribution < 1.29 is 31.9 Å². The van der Waals surface area contributed by atoms with Gasteiger partial charge in [-0.3, -0.25) is 9.59 Å². The molecule has 0 spiro atoms. The average Bonchev–Trinajstić information content (AvgIpc) is 2.97. The van der Waals surface area contributed by atoms with E-state index >= 15 is 4.39 Å². The van der Waals surface area contributed by atoms with Gasteiger partial charge in [-0.1, -0.05) is 54.6 Å². The first-order valence-electron chi connectivity index (χ1n) is 12.2. The van der Waals surface area contributed by atoms with Crippen molar-refractivity contribution in [2.75, 3.05) is 13.7 Å². The Bertz CT molecular complexity index is 1410. The predicted molar refractivity (Wildman–Crippen MR) is 144 cm³/mol. The van der Waals surface area contributed by atoms with Gasteiger partial charge in [0.1, 0.15) is 0 Å². The molecule has 0 bridgehead atoms. The van der Waals surface area contributed by atoms with Gasteiger partial charge in [-0.25, -0.2) is 13.2 Å². The largest absolute Gasteiger partial charge is 0.467 e. The van der Waals surface area contributed by atoms with Crippen molar-refractivity contribution in [3.8, 4) is 0 Å². The predicted octanol–water partition coefficient (Wildman–Crippen LogP) is 4.21. The highest BCUT2D eigenvalue weighted by Gasteiger charge is 2.41. The van der Waals surface area contributed by atoms with E-state index in [2.05, 4.69) is 10.6 Å². The summed E-state index contributed by atoms with van der Waals surface area (Å²) >= 11 is 0. The molecule has 0 aliphatic heterocycles. The molecule has 3 aromatic rings. The number of sulfone groups is 1. The van der Waals surface area contributed by atoms with Gasteiger partial charge in [0.25, 0.3) is 11.8 Å². The third-order valence-corrected chi connectivity index (χ3v) is 7.44. The molecular formula is C29H29FN2O6S. The molecule has 3 rings (SSSR count). The van der Waals surface area contributed by atoms with Crippen LogP contribution < -0.4 is 10.6 Å². The number of ether oxygens (including phenoxy) is 1. The molecule has 8 nitrogen and oxygen atoms in total. The van der Waals surface area contributed by atoms with Crippen LogP contribution in [0.4, 0.5) is 4.39 Å². The maximum atomic E-state index is 15.4. The molecule has 39 heavy (non-hydrogen) atoms. The summed E-state index contributed by atoms with van der Waals surface area (Å²) in [5.41, 5.74) is -1.48. The lowest BCUT2D eigenvalue weighted by Crippen LogP contribution is -2.54. The van der Waals surface area contributed by atoms with E-state index in [1.54, 1.807) is 54.6 Å². The molecule has 0 saturated carbocycles. The van der Waals surface area contributed by atoms with Gasteiger partial charge in [-0.2, -0.15) is 4.39 Å². The first-order chi connectivity index (χ1) is 18.7. The highest BCUT2D eigenvalue weighted by atomic mass is 32.2. The van der Waals surface area contributed by atoms with E-state index in [4.69, 9.17) is 4.74 Å². The van der Waals surface area contributed by atoms with Crippen LogP contribution in [0.5, 0.6) is 0 Å². The molecule has 0 aromatic heterocycles. The van der Waals surface area contributed by atoms with E-state index < -0.39 is 32.4 Å². The Morgan fingerprint density at radius 2 is 1.33 bits per heavy atom. The lowest BCUT2D eigenvalue weighted by Gasteiger charge is -2.29. The van der Waals surface area contributed by atoms with Crippen LogP contribution in [0.25, 0.3) is 0 Å². The molecule has 204 valence electrons. The third-order valence-electron chi connectivity index (χ3n) is 5.91. The number of nitrogens with one attached hydrogen (secondary N) is 2. The number of carbonyl (C=O) groups is 3. The second-order valence-corrected chi connectivity index (χ2v) is 10.5. The zero-order chi connectivity index (χ0) is 28.3.